The Morgan fingerprint density at radius 3 is 2.28 bits per heavy atom. The molecule has 0 unspecified atom stereocenters. The Kier molecular flexibility index (Phi) is 3.27. The molecule has 0 bridgehead atoms. The van der Waals surface area contributed by atoms with Crippen LogP contribution in [-0.4, -0.2) is 11.8 Å². The first-order valence-corrected chi connectivity index (χ1v) is 6.40. The van der Waals surface area contributed by atoms with Crippen molar-refractivity contribution in [2.24, 2.45) is 5.41 Å². The van der Waals surface area contributed by atoms with Gasteiger partial charge in [-0.2, -0.15) is 0 Å². The predicted octanol–water partition coefficient (Wildman–Crippen LogP) is 3.27. The normalized spacial score (nSPS) is 19.2. The molecule has 0 aromatic heterocycles. The van der Waals surface area contributed by atoms with Crippen LogP contribution in [0.5, 0.6) is 0 Å². The molecule has 0 aliphatic carbocycles. The Morgan fingerprint density at radius 2 is 1.78 bits per heavy atom. The number of halogens is 2. The average Bonchev–Trinajstić information content (AvgIpc) is 2.20. The van der Waals surface area contributed by atoms with Crippen molar-refractivity contribution in [3.8, 4) is 0 Å². The lowest BCUT2D eigenvalue weighted by molar-refractivity contribution is -0.132. The number of carbonyl (C=O) groups is 2. The molecular formula is C13H13BrFNO2. The van der Waals surface area contributed by atoms with E-state index >= 15 is 0 Å². The van der Waals surface area contributed by atoms with E-state index in [-0.39, 0.29) is 30.1 Å². The summed E-state index contributed by atoms with van der Waals surface area (Å²) in [4.78, 5) is 25.0. The molecule has 1 heterocycles. The van der Waals surface area contributed by atoms with Crippen LogP contribution in [0.2, 0.25) is 0 Å². The first-order valence-electron chi connectivity index (χ1n) is 5.61. The number of amides is 2. The molecule has 5 heteroatoms. The van der Waals surface area contributed by atoms with Crippen molar-refractivity contribution in [2.75, 3.05) is 4.90 Å². The zero-order valence-corrected chi connectivity index (χ0v) is 11.8. The van der Waals surface area contributed by atoms with Gasteiger partial charge < -0.3 is 0 Å². The molecule has 2 amide bonds. The van der Waals surface area contributed by atoms with Crippen LogP contribution in [0.25, 0.3) is 0 Å². The summed E-state index contributed by atoms with van der Waals surface area (Å²) >= 11 is 3.04. The first kappa shape index (κ1) is 13.2. The van der Waals surface area contributed by atoms with Gasteiger partial charge in [-0.05, 0) is 39.5 Å². The van der Waals surface area contributed by atoms with Gasteiger partial charge in [0.2, 0.25) is 11.8 Å². The number of carbonyl (C=O) groups excluding carboxylic acids is 2. The molecule has 0 spiro atoms. The molecule has 1 aliphatic heterocycles. The minimum atomic E-state index is -0.488. The van der Waals surface area contributed by atoms with E-state index in [4.69, 9.17) is 0 Å². The summed E-state index contributed by atoms with van der Waals surface area (Å²) < 4.78 is 13.8. The number of imide groups is 1. The molecule has 3 nitrogen and oxygen atoms in total. The fraction of sp³-hybridized carbons (Fsp3) is 0.385. The van der Waals surface area contributed by atoms with Crippen molar-refractivity contribution in [2.45, 2.75) is 26.7 Å². The summed E-state index contributed by atoms with van der Waals surface area (Å²) in [6.45, 7) is 3.75. The molecule has 0 N–H and O–H groups in total. The molecule has 0 radical (unpaired) electrons. The second kappa shape index (κ2) is 4.46. The second-order valence-electron chi connectivity index (χ2n) is 5.24. The number of hydrogen-bond acceptors (Lipinski definition) is 2. The Hall–Kier alpha value is -1.23. The van der Waals surface area contributed by atoms with Gasteiger partial charge in [-0.25, -0.2) is 4.39 Å². The van der Waals surface area contributed by atoms with E-state index < -0.39 is 5.82 Å². The van der Waals surface area contributed by atoms with Gasteiger partial charge in [0, 0.05) is 12.8 Å². The number of nitrogens with zero attached hydrogens (tertiary/aromatic N) is 1. The van der Waals surface area contributed by atoms with Crippen LogP contribution in [0.1, 0.15) is 26.7 Å². The van der Waals surface area contributed by atoms with Crippen molar-refractivity contribution >= 4 is 33.4 Å². The summed E-state index contributed by atoms with van der Waals surface area (Å²) in [5, 5.41) is 0. The van der Waals surface area contributed by atoms with Gasteiger partial charge in [0.1, 0.15) is 5.82 Å². The Labute approximate surface area is 113 Å². The molecule has 1 saturated heterocycles. The predicted molar refractivity (Wildman–Crippen MR) is 69.6 cm³/mol. The minimum absolute atomic E-state index is 0.280. The monoisotopic (exact) mass is 313 g/mol. The highest BCUT2D eigenvalue weighted by molar-refractivity contribution is 9.10. The van der Waals surface area contributed by atoms with Crippen molar-refractivity contribution < 1.29 is 14.0 Å². The Balaban J connectivity index is 2.36. The standard InChI is InChI=1S/C13H13BrFNO2/c1-13(2)6-11(17)16(12(18)7-13)8-3-4-9(14)10(15)5-8/h3-5H,6-7H2,1-2H3. The average molecular weight is 314 g/mol. The number of rotatable bonds is 1. The summed E-state index contributed by atoms with van der Waals surface area (Å²) in [5.41, 5.74) is -0.0281. The molecule has 1 aromatic rings. The minimum Gasteiger partial charge on any atom is -0.274 e. The molecule has 2 rings (SSSR count). The van der Waals surface area contributed by atoms with Crippen molar-refractivity contribution in [3.05, 3.63) is 28.5 Å². The second-order valence-corrected chi connectivity index (χ2v) is 6.09. The fourth-order valence-electron chi connectivity index (χ4n) is 2.09. The van der Waals surface area contributed by atoms with Crippen LogP contribution < -0.4 is 4.90 Å². The molecule has 1 aromatic carbocycles. The molecule has 0 atom stereocenters. The van der Waals surface area contributed by atoms with Gasteiger partial charge in [0.15, 0.2) is 0 Å². The van der Waals surface area contributed by atoms with Crippen LogP contribution in [-0.2, 0) is 9.59 Å². The molecular weight excluding hydrogens is 301 g/mol. The van der Waals surface area contributed by atoms with E-state index in [1.807, 2.05) is 13.8 Å². The van der Waals surface area contributed by atoms with Gasteiger partial charge in [-0.3, -0.25) is 14.5 Å². The lowest BCUT2D eigenvalue weighted by Gasteiger charge is -2.34. The zero-order valence-electron chi connectivity index (χ0n) is 10.2. The Bertz CT molecular complexity index is 508. The largest absolute Gasteiger partial charge is 0.274 e. The number of hydrogen-bond donors (Lipinski definition) is 0. The van der Waals surface area contributed by atoms with Crippen LogP contribution >= 0.6 is 15.9 Å². The zero-order chi connectivity index (χ0) is 13.5. The number of anilines is 1. The first-order chi connectivity index (χ1) is 8.30. The van der Waals surface area contributed by atoms with Gasteiger partial charge in [0.25, 0.3) is 0 Å². The summed E-state index contributed by atoms with van der Waals surface area (Å²) in [6.07, 6.45) is 0.576. The van der Waals surface area contributed by atoms with Crippen LogP contribution in [0.4, 0.5) is 10.1 Å². The Morgan fingerprint density at radius 1 is 1.22 bits per heavy atom. The maximum absolute atomic E-state index is 13.4. The third-order valence-electron chi connectivity index (χ3n) is 2.92. The van der Waals surface area contributed by atoms with E-state index in [1.165, 1.54) is 12.1 Å². The van der Waals surface area contributed by atoms with Crippen LogP contribution in [0.3, 0.4) is 0 Å². The maximum Gasteiger partial charge on any atom is 0.234 e. The van der Waals surface area contributed by atoms with E-state index in [2.05, 4.69) is 15.9 Å². The van der Waals surface area contributed by atoms with Gasteiger partial charge >= 0.3 is 0 Å². The highest BCUT2D eigenvalue weighted by Crippen LogP contribution is 2.34. The highest BCUT2D eigenvalue weighted by Gasteiger charge is 2.38. The number of benzene rings is 1. The molecule has 18 heavy (non-hydrogen) atoms. The summed E-state index contributed by atoms with van der Waals surface area (Å²) in [5.74, 6) is -1.05. The maximum atomic E-state index is 13.4. The molecule has 1 fully saturated rings. The lowest BCUT2D eigenvalue weighted by Crippen LogP contribution is -2.46. The van der Waals surface area contributed by atoms with E-state index in [1.54, 1.807) is 6.07 Å². The summed E-state index contributed by atoms with van der Waals surface area (Å²) in [7, 11) is 0. The van der Waals surface area contributed by atoms with Gasteiger partial charge in [-0.1, -0.05) is 13.8 Å². The lowest BCUT2D eigenvalue weighted by atomic mass is 9.81. The van der Waals surface area contributed by atoms with Crippen molar-refractivity contribution in [1.29, 1.82) is 0 Å². The molecule has 96 valence electrons. The SMILES string of the molecule is CC1(C)CC(=O)N(c2ccc(Br)c(F)c2)C(=O)C1. The topological polar surface area (TPSA) is 37.4 Å². The third-order valence-corrected chi connectivity index (χ3v) is 3.56. The highest BCUT2D eigenvalue weighted by atomic mass is 79.9. The third kappa shape index (κ3) is 2.46. The van der Waals surface area contributed by atoms with E-state index in [0.717, 1.165) is 4.90 Å². The van der Waals surface area contributed by atoms with Crippen LogP contribution in [0, 0.1) is 11.2 Å². The number of piperidine rings is 1. The van der Waals surface area contributed by atoms with E-state index in [9.17, 15) is 14.0 Å². The van der Waals surface area contributed by atoms with Crippen LogP contribution in [0.15, 0.2) is 22.7 Å². The quantitative estimate of drug-likeness (QED) is 0.746. The van der Waals surface area contributed by atoms with Gasteiger partial charge in [0.05, 0.1) is 10.2 Å². The molecule has 0 saturated carbocycles. The van der Waals surface area contributed by atoms with E-state index in [0.29, 0.717) is 10.2 Å². The smallest absolute Gasteiger partial charge is 0.234 e. The summed E-state index contributed by atoms with van der Waals surface area (Å²) in [6, 6.07) is 4.24. The molecule has 1 aliphatic rings. The van der Waals surface area contributed by atoms with Crippen molar-refractivity contribution in [1.82, 2.24) is 0 Å². The van der Waals surface area contributed by atoms with Gasteiger partial charge in [-0.15, -0.1) is 0 Å². The van der Waals surface area contributed by atoms with Crippen molar-refractivity contribution in [3.63, 3.8) is 0 Å². The fourth-order valence-corrected chi connectivity index (χ4v) is 2.34.